The molecule has 0 amide bonds. The smallest absolute Gasteiger partial charge is 0.280 e. The van der Waals surface area contributed by atoms with Crippen LogP contribution in [-0.2, 0) is 0 Å². The minimum absolute atomic E-state index is 0.171. The number of nitrogens with zero attached hydrogens (tertiary/aromatic N) is 6. The predicted molar refractivity (Wildman–Crippen MR) is 85.4 cm³/mol. The molecule has 1 aliphatic carbocycles. The lowest BCUT2D eigenvalue weighted by Gasteiger charge is -2.35. The van der Waals surface area contributed by atoms with E-state index in [1.165, 1.54) is 6.07 Å². The van der Waals surface area contributed by atoms with Crippen molar-refractivity contribution in [2.75, 3.05) is 36.0 Å². The topological polar surface area (TPSA) is 58.0 Å². The highest BCUT2D eigenvalue weighted by Gasteiger charge is 2.29. The van der Waals surface area contributed by atoms with E-state index in [0.717, 1.165) is 25.9 Å². The summed E-state index contributed by atoms with van der Waals surface area (Å²) in [5.74, 6) is 2.13. The minimum Gasteiger partial charge on any atom is -0.353 e. The standard InChI is InChI=1S/C16H18F2N6/c17-14(18)12-10-13(22-15(21-12)11-2-3-11)23-6-8-24(9-7-23)16-19-4-1-5-20-16/h1,4-5,10-11,14H,2-3,6-9H2. The zero-order valence-corrected chi connectivity index (χ0v) is 13.1. The van der Waals surface area contributed by atoms with Gasteiger partial charge in [0.15, 0.2) is 0 Å². The summed E-state index contributed by atoms with van der Waals surface area (Å²) < 4.78 is 26.3. The van der Waals surface area contributed by atoms with E-state index in [1.54, 1.807) is 18.5 Å². The number of hydrogen-bond donors (Lipinski definition) is 0. The van der Waals surface area contributed by atoms with E-state index in [4.69, 9.17) is 0 Å². The van der Waals surface area contributed by atoms with Crippen LogP contribution in [0.1, 0.15) is 36.7 Å². The molecule has 0 spiro atoms. The van der Waals surface area contributed by atoms with Crippen LogP contribution < -0.4 is 9.80 Å². The molecule has 0 radical (unpaired) electrons. The third-order valence-electron chi connectivity index (χ3n) is 4.35. The molecule has 0 atom stereocenters. The molecule has 0 unspecified atom stereocenters. The van der Waals surface area contributed by atoms with Crippen LogP contribution in [0.3, 0.4) is 0 Å². The molecule has 0 N–H and O–H groups in total. The van der Waals surface area contributed by atoms with Crippen LogP contribution in [0, 0.1) is 0 Å². The van der Waals surface area contributed by atoms with Gasteiger partial charge >= 0.3 is 0 Å². The first-order valence-corrected chi connectivity index (χ1v) is 8.14. The van der Waals surface area contributed by atoms with E-state index in [1.807, 2.05) is 4.90 Å². The third kappa shape index (κ3) is 3.13. The summed E-state index contributed by atoms with van der Waals surface area (Å²) in [7, 11) is 0. The predicted octanol–water partition coefficient (Wildman–Crippen LogP) is 2.41. The van der Waals surface area contributed by atoms with Crippen LogP contribution in [0.5, 0.6) is 0 Å². The van der Waals surface area contributed by atoms with Gasteiger partial charge in [-0.05, 0) is 18.9 Å². The molecule has 0 aromatic carbocycles. The van der Waals surface area contributed by atoms with Crippen LogP contribution in [-0.4, -0.2) is 46.1 Å². The molecule has 1 aliphatic heterocycles. The van der Waals surface area contributed by atoms with Crippen molar-refractivity contribution in [3.63, 3.8) is 0 Å². The van der Waals surface area contributed by atoms with E-state index in [2.05, 4.69) is 24.8 Å². The lowest BCUT2D eigenvalue weighted by atomic mass is 10.3. The summed E-state index contributed by atoms with van der Waals surface area (Å²) in [6.45, 7) is 2.86. The fourth-order valence-corrected chi connectivity index (χ4v) is 2.86. The molecule has 3 heterocycles. The Morgan fingerprint density at radius 1 is 0.958 bits per heavy atom. The molecule has 2 aromatic rings. The second-order valence-electron chi connectivity index (χ2n) is 6.11. The van der Waals surface area contributed by atoms with Crippen LogP contribution in [0.25, 0.3) is 0 Å². The Morgan fingerprint density at radius 2 is 1.62 bits per heavy atom. The Balaban J connectivity index is 1.51. The Morgan fingerprint density at radius 3 is 2.25 bits per heavy atom. The highest BCUT2D eigenvalue weighted by Crippen LogP contribution is 2.39. The molecular formula is C16H18F2N6. The SMILES string of the molecule is FC(F)c1cc(N2CCN(c3ncccn3)CC2)nc(C2CC2)n1. The van der Waals surface area contributed by atoms with E-state index >= 15 is 0 Å². The van der Waals surface area contributed by atoms with Crippen molar-refractivity contribution in [2.24, 2.45) is 0 Å². The lowest BCUT2D eigenvalue weighted by Crippen LogP contribution is -2.47. The summed E-state index contributed by atoms with van der Waals surface area (Å²) in [6.07, 6.45) is 2.85. The molecule has 2 aliphatic rings. The summed E-state index contributed by atoms with van der Waals surface area (Å²) in [5, 5.41) is 0. The number of hydrogen-bond acceptors (Lipinski definition) is 6. The van der Waals surface area contributed by atoms with Crippen LogP contribution in [0.4, 0.5) is 20.5 Å². The second kappa shape index (κ2) is 6.26. The Labute approximate surface area is 138 Å². The highest BCUT2D eigenvalue weighted by atomic mass is 19.3. The van der Waals surface area contributed by atoms with E-state index in [-0.39, 0.29) is 11.6 Å². The van der Waals surface area contributed by atoms with Crippen molar-refractivity contribution in [1.82, 2.24) is 19.9 Å². The second-order valence-corrected chi connectivity index (χ2v) is 6.11. The minimum atomic E-state index is -2.57. The normalized spacial score (nSPS) is 18.3. The van der Waals surface area contributed by atoms with Crippen molar-refractivity contribution < 1.29 is 8.78 Å². The van der Waals surface area contributed by atoms with Crippen molar-refractivity contribution in [2.45, 2.75) is 25.2 Å². The average Bonchev–Trinajstić information content (AvgIpc) is 3.47. The highest BCUT2D eigenvalue weighted by molar-refractivity contribution is 5.44. The summed E-state index contributed by atoms with van der Waals surface area (Å²) in [6, 6.07) is 3.21. The number of rotatable bonds is 4. The van der Waals surface area contributed by atoms with Crippen molar-refractivity contribution in [1.29, 1.82) is 0 Å². The molecule has 0 bridgehead atoms. The first-order valence-electron chi connectivity index (χ1n) is 8.14. The first kappa shape index (κ1) is 15.2. The van der Waals surface area contributed by atoms with E-state index in [9.17, 15) is 8.78 Å². The molecule has 2 aromatic heterocycles. The molecule has 6 nitrogen and oxygen atoms in total. The maximum absolute atomic E-state index is 13.1. The summed E-state index contributed by atoms with van der Waals surface area (Å²) in [5.41, 5.74) is -0.171. The molecule has 24 heavy (non-hydrogen) atoms. The van der Waals surface area contributed by atoms with Gasteiger partial charge in [0.05, 0.1) is 0 Å². The largest absolute Gasteiger partial charge is 0.353 e. The van der Waals surface area contributed by atoms with E-state index in [0.29, 0.717) is 30.7 Å². The Hall–Kier alpha value is -2.38. The number of piperazine rings is 1. The fourth-order valence-electron chi connectivity index (χ4n) is 2.86. The maximum Gasteiger partial charge on any atom is 0.280 e. The molecule has 8 heteroatoms. The summed E-state index contributed by atoms with van der Waals surface area (Å²) >= 11 is 0. The van der Waals surface area contributed by atoms with Gasteiger partial charge in [-0.1, -0.05) is 0 Å². The van der Waals surface area contributed by atoms with Gasteiger partial charge < -0.3 is 9.80 Å². The van der Waals surface area contributed by atoms with Gasteiger partial charge in [-0.2, -0.15) is 0 Å². The van der Waals surface area contributed by atoms with Gasteiger partial charge in [0, 0.05) is 50.6 Å². The van der Waals surface area contributed by atoms with E-state index < -0.39 is 6.43 Å². The van der Waals surface area contributed by atoms with Gasteiger partial charge in [-0.25, -0.2) is 28.7 Å². The monoisotopic (exact) mass is 332 g/mol. The van der Waals surface area contributed by atoms with Gasteiger partial charge in [0.25, 0.3) is 6.43 Å². The fraction of sp³-hybridized carbons (Fsp3) is 0.500. The molecule has 126 valence electrons. The zero-order valence-electron chi connectivity index (χ0n) is 13.1. The molecule has 1 saturated carbocycles. The molecular weight excluding hydrogens is 314 g/mol. The number of halogens is 2. The number of alkyl halides is 2. The van der Waals surface area contributed by atoms with Gasteiger partial charge in [-0.15, -0.1) is 0 Å². The lowest BCUT2D eigenvalue weighted by molar-refractivity contribution is 0.145. The van der Waals surface area contributed by atoms with Crippen LogP contribution in [0.2, 0.25) is 0 Å². The zero-order chi connectivity index (χ0) is 16.5. The summed E-state index contributed by atoms with van der Waals surface area (Å²) in [4.78, 5) is 21.2. The Kier molecular flexibility index (Phi) is 3.95. The molecule has 1 saturated heterocycles. The third-order valence-corrected chi connectivity index (χ3v) is 4.35. The van der Waals surface area contributed by atoms with Crippen molar-refractivity contribution >= 4 is 11.8 Å². The van der Waals surface area contributed by atoms with Crippen LogP contribution >= 0.6 is 0 Å². The first-order chi connectivity index (χ1) is 11.7. The van der Waals surface area contributed by atoms with Gasteiger partial charge in [-0.3, -0.25) is 0 Å². The quantitative estimate of drug-likeness (QED) is 0.857. The van der Waals surface area contributed by atoms with Gasteiger partial charge in [0.1, 0.15) is 17.3 Å². The number of anilines is 2. The van der Waals surface area contributed by atoms with Crippen molar-refractivity contribution in [3.8, 4) is 0 Å². The maximum atomic E-state index is 13.1. The Bertz CT molecular complexity index is 679. The van der Waals surface area contributed by atoms with Crippen LogP contribution in [0.15, 0.2) is 24.5 Å². The molecule has 4 rings (SSSR count). The average molecular weight is 332 g/mol. The van der Waals surface area contributed by atoms with Gasteiger partial charge in [0.2, 0.25) is 5.95 Å². The number of aromatic nitrogens is 4. The molecule has 2 fully saturated rings. The van der Waals surface area contributed by atoms with Crippen molar-refractivity contribution in [3.05, 3.63) is 36.0 Å².